The Bertz CT molecular complexity index is 618. The number of nitrogens with zero attached hydrogens (tertiary/aromatic N) is 2. The molecule has 0 radical (unpaired) electrons. The van der Waals surface area contributed by atoms with Gasteiger partial charge in [0.15, 0.2) is 5.58 Å². The van der Waals surface area contributed by atoms with Crippen LogP contribution >= 0.6 is 15.9 Å². The van der Waals surface area contributed by atoms with Crippen molar-refractivity contribution in [3.05, 3.63) is 34.6 Å². The van der Waals surface area contributed by atoms with E-state index in [4.69, 9.17) is 4.42 Å². The van der Waals surface area contributed by atoms with Crippen LogP contribution < -0.4 is 0 Å². The molecule has 0 bridgehead atoms. The molecule has 3 rings (SSSR count). The Labute approximate surface area is 121 Å². The van der Waals surface area contributed by atoms with Crippen molar-refractivity contribution in [2.75, 3.05) is 19.6 Å². The summed E-state index contributed by atoms with van der Waals surface area (Å²) in [6.07, 6.45) is 4.48. The molecule has 1 aliphatic heterocycles. The van der Waals surface area contributed by atoms with E-state index < -0.39 is 0 Å². The molecule has 4 heteroatoms. The van der Waals surface area contributed by atoms with Crippen molar-refractivity contribution in [2.24, 2.45) is 0 Å². The van der Waals surface area contributed by atoms with Crippen molar-refractivity contribution in [1.29, 1.82) is 0 Å². The molecule has 0 saturated heterocycles. The van der Waals surface area contributed by atoms with Gasteiger partial charge in [0.1, 0.15) is 5.52 Å². The molecular formula is C15H17BrN2O. The summed E-state index contributed by atoms with van der Waals surface area (Å²) in [5.74, 6) is 0.782. The molecule has 2 heterocycles. The second-order valence-corrected chi connectivity index (χ2v) is 5.83. The number of fused-ring (bicyclic) bond motifs is 1. The van der Waals surface area contributed by atoms with E-state index in [-0.39, 0.29) is 0 Å². The van der Waals surface area contributed by atoms with Gasteiger partial charge in [-0.25, -0.2) is 4.98 Å². The van der Waals surface area contributed by atoms with Gasteiger partial charge in [0.2, 0.25) is 5.89 Å². The van der Waals surface area contributed by atoms with Crippen LogP contribution in [0.25, 0.3) is 16.7 Å². The molecule has 3 nitrogen and oxygen atoms in total. The van der Waals surface area contributed by atoms with Crippen LogP contribution in [0.4, 0.5) is 0 Å². The van der Waals surface area contributed by atoms with Gasteiger partial charge in [0.25, 0.3) is 0 Å². The Hall–Kier alpha value is -1.13. The molecule has 1 aliphatic rings. The Morgan fingerprint density at radius 2 is 2.32 bits per heavy atom. The van der Waals surface area contributed by atoms with E-state index in [1.54, 1.807) is 0 Å². The van der Waals surface area contributed by atoms with Gasteiger partial charge < -0.3 is 4.42 Å². The summed E-state index contributed by atoms with van der Waals surface area (Å²) in [5, 5.41) is 0. The van der Waals surface area contributed by atoms with Crippen LogP contribution in [-0.2, 0) is 0 Å². The van der Waals surface area contributed by atoms with Crippen molar-refractivity contribution in [1.82, 2.24) is 9.88 Å². The molecule has 1 aromatic carbocycles. The zero-order chi connectivity index (χ0) is 13.2. The summed E-state index contributed by atoms with van der Waals surface area (Å²) < 4.78 is 6.87. The zero-order valence-corrected chi connectivity index (χ0v) is 12.6. The molecule has 0 aliphatic carbocycles. The highest BCUT2D eigenvalue weighted by Gasteiger charge is 2.16. The summed E-state index contributed by atoms with van der Waals surface area (Å²) in [6.45, 7) is 5.50. The van der Waals surface area contributed by atoms with Crippen molar-refractivity contribution < 1.29 is 4.42 Å². The molecule has 0 fully saturated rings. The maximum absolute atomic E-state index is 5.84. The lowest BCUT2D eigenvalue weighted by molar-refractivity contribution is 0.301. The number of hydrogen-bond donors (Lipinski definition) is 0. The van der Waals surface area contributed by atoms with Crippen LogP contribution in [0.2, 0.25) is 0 Å². The number of rotatable bonds is 3. The van der Waals surface area contributed by atoms with E-state index in [2.05, 4.69) is 38.8 Å². The molecule has 2 aromatic rings. The fraction of sp³-hybridized carbons (Fsp3) is 0.400. The topological polar surface area (TPSA) is 29.3 Å². The lowest BCUT2D eigenvalue weighted by Gasteiger charge is -2.24. The quantitative estimate of drug-likeness (QED) is 0.853. The molecular weight excluding hydrogens is 304 g/mol. The zero-order valence-electron chi connectivity index (χ0n) is 11.0. The first-order valence-corrected chi connectivity index (χ1v) is 7.53. The van der Waals surface area contributed by atoms with E-state index in [0.717, 1.165) is 41.0 Å². The molecule has 0 saturated carbocycles. The standard InChI is InChI=1S/C15H17BrN2O/c1-2-7-18-8-5-11(6-9-18)15-17-13-10-12(16)3-4-14(13)19-15/h3-5,10H,2,6-9H2,1H3. The van der Waals surface area contributed by atoms with Gasteiger partial charge in [-0.2, -0.15) is 0 Å². The van der Waals surface area contributed by atoms with E-state index >= 15 is 0 Å². The normalized spacial score (nSPS) is 16.8. The predicted octanol–water partition coefficient (Wildman–Crippen LogP) is 4.09. The molecule has 0 amide bonds. The van der Waals surface area contributed by atoms with E-state index in [9.17, 15) is 0 Å². The molecule has 0 spiro atoms. The maximum atomic E-state index is 5.84. The van der Waals surface area contributed by atoms with Gasteiger partial charge in [-0.15, -0.1) is 0 Å². The minimum atomic E-state index is 0.782. The average molecular weight is 321 g/mol. The largest absolute Gasteiger partial charge is 0.436 e. The summed E-state index contributed by atoms with van der Waals surface area (Å²) in [6, 6.07) is 5.94. The first-order chi connectivity index (χ1) is 9.26. The number of hydrogen-bond acceptors (Lipinski definition) is 3. The van der Waals surface area contributed by atoms with E-state index in [1.165, 1.54) is 18.5 Å². The molecule has 0 N–H and O–H groups in total. The Morgan fingerprint density at radius 1 is 1.42 bits per heavy atom. The Kier molecular flexibility index (Phi) is 3.71. The number of oxazole rings is 1. The first-order valence-electron chi connectivity index (χ1n) is 6.74. The fourth-order valence-electron chi connectivity index (χ4n) is 2.46. The smallest absolute Gasteiger partial charge is 0.222 e. The minimum Gasteiger partial charge on any atom is -0.436 e. The lowest BCUT2D eigenvalue weighted by atomic mass is 10.1. The van der Waals surface area contributed by atoms with Crippen LogP contribution in [0.15, 0.2) is 33.2 Å². The van der Waals surface area contributed by atoms with Crippen LogP contribution in [0.3, 0.4) is 0 Å². The molecule has 100 valence electrons. The second-order valence-electron chi connectivity index (χ2n) is 4.91. The lowest BCUT2D eigenvalue weighted by Crippen LogP contribution is -2.29. The number of halogens is 1. The number of aromatic nitrogens is 1. The Balaban J connectivity index is 1.85. The minimum absolute atomic E-state index is 0.782. The van der Waals surface area contributed by atoms with Gasteiger partial charge in [0, 0.05) is 23.1 Å². The van der Waals surface area contributed by atoms with Gasteiger partial charge >= 0.3 is 0 Å². The highest BCUT2D eigenvalue weighted by molar-refractivity contribution is 9.10. The molecule has 0 atom stereocenters. The predicted molar refractivity (Wildman–Crippen MR) is 81.0 cm³/mol. The Morgan fingerprint density at radius 3 is 3.05 bits per heavy atom. The highest BCUT2D eigenvalue weighted by Crippen LogP contribution is 2.27. The number of benzene rings is 1. The summed E-state index contributed by atoms with van der Waals surface area (Å²) in [5.41, 5.74) is 3.01. The summed E-state index contributed by atoms with van der Waals surface area (Å²) in [7, 11) is 0. The fourth-order valence-corrected chi connectivity index (χ4v) is 2.81. The van der Waals surface area contributed by atoms with Crippen molar-refractivity contribution >= 4 is 32.6 Å². The van der Waals surface area contributed by atoms with Gasteiger partial charge in [-0.3, -0.25) is 4.90 Å². The summed E-state index contributed by atoms with van der Waals surface area (Å²) in [4.78, 5) is 7.05. The first kappa shape index (κ1) is 12.9. The second kappa shape index (κ2) is 5.47. The third kappa shape index (κ3) is 2.74. The van der Waals surface area contributed by atoms with E-state index in [0.29, 0.717) is 0 Å². The van der Waals surface area contributed by atoms with Gasteiger partial charge in [0.05, 0.1) is 0 Å². The van der Waals surface area contributed by atoms with Gasteiger partial charge in [-0.1, -0.05) is 28.9 Å². The molecule has 1 aromatic heterocycles. The van der Waals surface area contributed by atoms with Crippen molar-refractivity contribution in [3.63, 3.8) is 0 Å². The van der Waals surface area contributed by atoms with Crippen LogP contribution in [0, 0.1) is 0 Å². The van der Waals surface area contributed by atoms with E-state index in [1.807, 2.05) is 18.2 Å². The highest BCUT2D eigenvalue weighted by atomic mass is 79.9. The SMILES string of the molecule is CCCN1CC=C(c2nc3cc(Br)ccc3o2)CC1. The molecule has 19 heavy (non-hydrogen) atoms. The van der Waals surface area contributed by atoms with Crippen molar-refractivity contribution in [3.8, 4) is 0 Å². The third-order valence-electron chi connectivity index (χ3n) is 3.46. The van der Waals surface area contributed by atoms with Crippen molar-refractivity contribution in [2.45, 2.75) is 19.8 Å². The maximum Gasteiger partial charge on any atom is 0.222 e. The monoisotopic (exact) mass is 320 g/mol. The van der Waals surface area contributed by atoms with Gasteiger partial charge in [-0.05, 0) is 37.6 Å². The summed E-state index contributed by atoms with van der Waals surface area (Å²) >= 11 is 3.46. The van der Waals surface area contributed by atoms with Crippen LogP contribution in [-0.4, -0.2) is 29.5 Å². The average Bonchev–Trinajstić information content (AvgIpc) is 2.83. The molecule has 0 unspecified atom stereocenters. The third-order valence-corrected chi connectivity index (χ3v) is 3.95. The van der Waals surface area contributed by atoms with Crippen LogP contribution in [0.1, 0.15) is 25.7 Å². The van der Waals surface area contributed by atoms with Crippen LogP contribution in [0.5, 0.6) is 0 Å².